The van der Waals surface area contributed by atoms with Crippen LogP contribution in [0.15, 0.2) is 53.6 Å². The quantitative estimate of drug-likeness (QED) is 0.462. The van der Waals surface area contributed by atoms with Crippen LogP contribution < -0.4 is 10.7 Å². The second-order valence-electron chi connectivity index (χ2n) is 4.65. The van der Waals surface area contributed by atoms with Gasteiger partial charge in [0.2, 0.25) is 0 Å². The van der Waals surface area contributed by atoms with E-state index in [1.165, 1.54) is 0 Å². The highest BCUT2D eigenvalue weighted by Gasteiger charge is 2.03. The van der Waals surface area contributed by atoms with E-state index in [1.54, 1.807) is 25.1 Å². The maximum Gasteiger partial charge on any atom is 0.191 e. The summed E-state index contributed by atoms with van der Waals surface area (Å²) in [4.78, 5) is 0. The van der Waals surface area contributed by atoms with Crippen molar-refractivity contribution in [2.45, 2.75) is 13.8 Å². The van der Waals surface area contributed by atoms with Crippen LogP contribution in [0.4, 0.5) is 5.69 Å². The third-order valence-corrected chi connectivity index (χ3v) is 3.09. The number of benzene rings is 2. The summed E-state index contributed by atoms with van der Waals surface area (Å²) in [5.41, 5.74) is 6.15. The van der Waals surface area contributed by atoms with Gasteiger partial charge < -0.3 is 10.4 Å². The second kappa shape index (κ2) is 6.85. The highest BCUT2D eigenvalue weighted by Crippen LogP contribution is 2.16. The van der Waals surface area contributed by atoms with Crippen molar-refractivity contribution in [3.63, 3.8) is 0 Å². The van der Waals surface area contributed by atoms with Gasteiger partial charge in [-0.25, -0.2) is 0 Å². The van der Waals surface area contributed by atoms with Gasteiger partial charge in [0.25, 0.3) is 0 Å². The molecule has 2 aromatic carbocycles. The Morgan fingerprint density at radius 1 is 1.14 bits per heavy atom. The smallest absolute Gasteiger partial charge is 0.191 e. The number of anilines is 1. The molecule has 0 aromatic heterocycles. The molecule has 0 fully saturated rings. The molecule has 0 heterocycles. The lowest BCUT2D eigenvalue weighted by atomic mass is 10.1. The number of rotatable bonds is 3. The summed E-state index contributed by atoms with van der Waals surface area (Å²) in [5, 5.41) is 17.4. The lowest BCUT2D eigenvalue weighted by Crippen LogP contribution is -2.25. The Morgan fingerprint density at radius 2 is 1.90 bits per heavy atom. The van der Waals surface area contributed by atoms with Gasteiger partial charge in [0, 0.05) is 11.3 Å². The predicted molar refractivity (Wildman–Crippen MR) is 90.9 cm³/mol. The topological polar surface area (TPSA) is 56.7 Å². The van der Waals surface area contributed by atoms with E-state index < -0.39 is 0 Å². The molecule has 0 amide bonds. The third kappa shape index (κ3) is 4.29. The molecule has 2 aromatic rings. The van der Waals surface area contributed by atoms with Crippen molar-refractivity contribution in [3.8, 4) is 5.75 Å². The highest BCUT2D eigenvalue weighted by atomic mass is 32.1. The molecule has 0 saturated carbocycles. The minimum Gasteiger partial charge on any atom is -0.507 e. The monoisotopic (exact) mass is 299 g/mol. The van der Waals surface area contributed by atoms with E-state index in [2.05, 4.69) is 15.8 Å². The predicted octanol–water partition coefficient (Wildman–Crippen LogP) is 3.41. The number of hydrogen-bond donors (Lipinski definition) is 3. The van der Waals surface area contributed by atoms with Crippen LogP contribution in [0.1, 0.15) is 18.1 Å². The van der Waals surface area contributed by atoms with Crippen molar-refractivity contribution >= 4 is 28.7 Å². The molecule has 0 aliphatic rings. The van der Waals surface area contributed by atoms with Gasteiger partial charge in [-0.05, 0) is 55.9 Å². The Kier molecular flexibility index (Phi) is 4.90. The minimum absolute atomic E-state index is 0.193. The summed E-state index contributed by atoms with van der Waals surface area (Å²) in [5.74, 6) is 0.193. The van der Waals surface area contributed by atoms with E-state index in [0.29, 0.717) is 16.4 Å². The van der Waals surface area contributed by atoms with E-state index in [9.17, 15) is 5.11 Å². The Hall–Kier alpha value is -2.40. The first kappa shape index (κ1) is 15.0. The van der Waals surface area contributed by atoms with Crippen LogP contribution in [0, 0.1) is 6.92 Å². The van der Waals surface area contributed by atoms with Gasteiger partial charge in [-0.15, -0.1) is 0 Å². The summed E-state index contributed by atoms with van der Waals surface area (Å²) < 4.78 is 0. The Bertz CT molecular complexity index is 683. The Balaban J connectivity index is 2.00. The van der Waals surface area contributed by atoms with Gasteiger partial charge in [-0.1, -0.05) is 24.3 Å². The first-order valence-corrected chi connectivity index (χ1v) is 6.93. The number of nitrogens with one attached hydrogen (secondary N) is 2. The van der Waals surface area contributed by atoms with Crippen LogP contribution in [0.3, 0.4) is 0 Å². The molecule has 0 aliphatic carbocycles. The number of nitrogens with zero attached hydrogens (tertiary/aromatic N) is 1. The summed E-state index contributed by atoms with van der Waals surface area (Å²) in [7, 11) is 0. The fraction of sp³-hybridized carbons (Fsp3) is 0.125. The molecule has 0 bridgehead atoms. The van der Waals surface area contributed by atoms with Gasteiger partial charge in [-0.2, -0.15) is 5.10 Å². The number of hydrogen-bond acceptors (Lipinski definition) is 3. The number of aryl methyl sites for hydroxylation is 1. The van der Waals surface area contributed by atoms with Crippen LogP contribution in [0.2, 0.25) is 0 Å². The molecular weight excluding hydrogens is 282 g/mol. The minimum atomic E-state index is 0.193. The van der Waals surface area contributed by atoms with E-state index >= 15 is 0 Å². The fourth-order valence-corrected chi connectivity index (χ4v) is 2.02. The lowest BCUT2D eigenvalue weighted by Gasteiger charge is -2.09. The number of phenolic OH excluding ortho intramolecular Hbond substituents is 1. The van der Waals surface area contributed by atoms with Crippen LogP contribution in [-0.2, 0) is 0 Å². The lowest BCUT2D eigenvalue weighted by molar-refractivity contribution is 0.474. The summed E-state index contributed by atoms with van der Waals surface area (Å²) in [6.07, 6.45) is 0. The largest absolute Gasteiger partial charge is 0.507 e. The zero-order chi connectivity index (χ0) is 15.2. The SMILES string of the molecule is C/C(=N/NC(=S)Nc1cccc(C)c1)c1ccccc1O. The van der Waals surface area contributed by atoms with E-state index in [1.807, 2.05) is 37.3 Å². The molecule has 108 valence electrons. The molecule has 0 aliphatic heterocycles. The zero-order valence-corrected chi connectivity index (χ0v) is 12.7. The van der Waals surface area contributed by atoms with Gasteiger partial charge in [0.05, 0.1) is 5.71 Å². The molecule has 3 N–H and O–H groups in total. The van der Waals surface area contributed by atoms with Gasteiger partial charge in [0.15, 0.2) is 5.11 Å². The van der Waals surface area contributed by atoms with Crippen LogP contribution in [0.5, 0.6) is 5.75 Å². The van der Waals surface area contributed by atoms with Crippen molar-refractivity contribution in [1.29, 1.82) is 0 Å². The molecule has 0 saturated heterocycles. The third-order valence-electron chi connectivity index (χ3n) is 2.89. The van der Waals surface area contributed by atoms with Gasteiger partial charge >= 0.3 is 0 Å². The number of aromatic hydroxyl groups is 1. The summed E-state index contributed by atoms with van der Waals surface area (Å²) in [6, 6.07) is 14.9. The van der Waals surface area contributed by atoms with Crippen molar-refractivity contribution in [3.05, 3.63) is 59.7 Å². The van der Waals surface area contributed by atoms with E-state index in [-0.39, 0.29) is 5.75 Å². The second-order valence-corrected chi connectivity index (χ2v) is 5.06. The van der Waals surface area contributed by atoms with Crippen LogP contribution in [0.25, 0.3) is 0 Å². The standard InChI is InChI=1S/C16H17N3OS/c1-11-6-5-7-13(10-11)17-16(21)19-18-12(2)14-8-3-4-9-15(14)20/h3-10,20H,1-2H3,(H2,17,19,21)/b18-12-. The van der Waals surface area contributed by atoms with E-state index in [4.69, 9.17) is 12.2 Å². The number of thiocarbonyl (C=S) groups is 1. The van der Waals surface area contributed by atoms with Gasteiger partial charge in [-0.3, -0.25) is 5.43 Å². The maximum atomic E-state index is 9.75. The van der Waals surface area contributed by atoms with Crippen molar-refractivity contribution in [2.75, 3.05) is 5.32 Å². The molecule has 0 unspecified atom stereocenters. The molecule has 2 rings (SSSR count). The first-order chi connectivity index (χ1) is 10.1. The van der Waals surface area contributed by atoms with Crippen molar-refractivity contribution < 1.29 is 5.11 Å². The molecule has 0 spiro atoms. The number of phenols is 1. The Labute approximate surface area is 129 Å². The van der Waals surface area contributed by atoms with Crippen molar-refractivity contribution in [2.24, 2.45) is 5.10 Å². The molecule has 5 heteroatoms. The molecule has 0 atom stereocenters. The van der Waals surface area contributed by atoms with Crippen molar-refractivity contribution in [1.82, 2.24) is 5.43 Å². The van der Waals surface area contributed by atoms with Gasteiger partial charge in [0.1, 0.15) is 5.75 Å². The zero-order valence-electron chi connectivity index (χ0n) is 11.9. The Morgan fingerprint density at radius 3 is 2.62 bits per heavy atom. The van der Waals surface area contributed by atoms with Crippen LogP contribution >= 0.6 is 12.2 Å². The summed E-state index contributed by atoms with van der Waals surface area (Å²) in [6.45, 7) is 3.82. The first-order valence-electron chi connectivity index (χ1n) is 6.52. The fourth-order valence-electron chi connectivity index (χ4n) is 1.86. The normalized spacial score (nSPS) is 11.0. The number of hydrazone groups is 1. The molecule has 0 radical (unpaired) electrons. The van der Waals surface area contributed by atoms with E-state index in [0.717, 1.165) is 11.3 Å². The molecule has 21 heavy (non-hydrogen) atoms. The molecular formula is C16H17N3OS. The number of para-hydroxylation sites is 1. The van der Waals surface area contributed by atoms with Crippen LogP contribution in [-0.4, -0.2) is 15.9 Å². The average molecular weight is 299 g/mol. The maximum absolute atomic E-state index is 9.75. The highest BCUT2D eigenvalue weighted by molar-refractivity contribution is 7.80. The average Bonchev–Trinajstić information content (AvgIpc) is 2.45. The molecule has 4 nitrogen and oxygen atoms in total. The summed E-state index contributed by atoms with van der Waals surface area (Å²) >= 11 is 5.19.